The van der Waals surface area contributed by atoms with Crippen molar-refractivity contribution in [3.63, 3.8) is 0 Å². The van der Waals surface area contributed by atoms with Gasteiger partial charge in [0.1, 0.15) is 5.76 Å². The maximum absolute atomic E-state index is 6.25. The molecule has 1 aromatic rings. The van der Waals surface area contributed by atoms with Crippen LogP contribution < -0.4 is 11.1 Å². The maximum Gasteiger partial charge on any atom is 0.105 e. The molecule has 0 amide bonds. The lowest BCUT2D eigenvalue weighted by Crippen LogP contribution is -2.52. The fourth-order valence-corrected chi connectivity index (χ4v) is 1.96. The van der Waals surface area contributed by atoms with Gasteiger partial charge < -0.3 is 20.2 Å². The van der Waals surface area contributed by atoms with Gasteiger partial charge in [0.05, 0.1) is 6.26 Å². The first-order chi connectivity index (χ1) is 7.79. The lowest BCUT2D eigenvalue weighted by Gasteiger charge is -2.33. The number of hydrogen-bond acceptors (Lipinski definition) is 4. The van der Waals surface area contributed by atoms with Crippen molar-refractivity contribution in [3.8, 4) is 0 Å². The monoisotopic (exact) mass is 224 g/mol. The SMILES string of the molecule is NC1(CNCCc2ccco2)CCOCC1. The third-order valence-electron chi connectivity index (χ3n) is 3.09. The van der Waals surface area contributed by atoms with Crippen molar-refractivity contribution < 1.29 is 9.15 Å². The quantitative estimate of drug-likeness (QED) is 0.730. The number of hydrogen-bond donors (Lipinski definition) is 2. The zero-order chi connectivity index (χ0) is 11.3. The Morgan fingerprint density at radius 3 is 2.88 bits per heavy atom. The van der Waals surface area contributed by atoms with Crippen molar-refractivity contribution in [1.29, 1.82) is 0 Å². The molecule has 0 radical (unpaired) electrons. The molecule has 0 aliphatic carbocycles. The second-order valence-electron chi connectivity index (χ2n) is 4.48. The van der Waals surface area contributed by atoms with E-state index >= 15 is 0 Å². The normalized spacial score (nSPS) is 19.8. The Balaban J connectivity index is 1.63. The minimum Gasteiger partial charge on any atom is -0.469 e. The van der Waals surface area contributed by atoms with Gasteiger partial charge in [0.2, 0.25) is 0 Å². The minimum absolute atomic E-state index is 0.0819. The lowest BCUT2D eigenvalue weighted by molar-refractivity contribution is 0.0532. The summed E-state index contributed by atoms with van der Waals surface area (Å²) >= 11 is 0. The second-order valence-corrected chi connectivity index (χ2v) is 4.48. The first-order valence-corrected chi connectivity index (χ1v) is 5.88. The molecule has 4 heteroatoms. The number of ether oxygens (including phenoxy) is 1. The van der Waals surface area contributed by atoms with Crippen molar-refractivity contribution in [2.75, 3.05) is 26.3 Å². The van der Waals surface area contributed by atoms with Gasteiger partial charge >= 0.3 is 0 Å². The van der Waals surface area contributed by atoms with E-state index in [0.717, 1.165) is 51.3 Å². The van der Waals surface area contributed by atoms with Crippen molar-refractivity contribution in [2.45, 2.75) is 24.8 Å². The van der Waals surface area contributed by atoms with Gasteiger partial charge in [-0.2, -0.15) is 0 Å². The van der Waals surface area contributed by atoms with Crippen LogP contribution in [0.1, 0.15) is 18.6 Å². The average molecular weight is 224 g/mol. The smallest absolute Gasteiger partial charge is 0.105 e. The highest BCUT2D eigenvalue weighted by Gasteiger charge is 2.27. The Morgan fingerprint density at radius 2 is 2.19 bits per heavy atom. The van der Waals surface area contributed by atoms with Crippen LogP contribution in [-0.2, 0) is 11.2 Å². The van der Waals surface area contributed by atoms with Gasteiger partial charge in [0.15, 0.2) is 0 Å². The van der Waals surface area contributed by atoms with Gasteiger partial charge in [-0.3, -0.25) is 0 Å². The van der Waals surface area contributed by atoms with Crippen LogP contribution in [0.5, 0.6) is 0 Å². The summed E-state index contributed by atoms with van der Waals surface area (Å²) < 4.78 is 10.6. The Morgan fingerprint density at radius 1 is 1.38 bits per heavy atom. The molecule has 0 spiro atoms. The number of nitrogens with one attached hydrogen (secondary N) is 1. The largest absolute Gasteiger partial charge is 0.469 e. The summed E-state index contributed by atoms with van der Waals surface area (Å²) in [6.45, 7) is 3.34. The molecule has 2 rings (SSSR count). The van der Waals surface area contributed by atoms with Crippen LogP contribution in [0.4, 0.5) is 0 Å². The molecule has 3 N–H and O–H groups in total. The molecule has 1 fully saturated rings. The van der Waals surface area contributed by atoms with Crippen molar-refractivity contribution in [1.82, 2.24) is 5.32 Å². The summed E-state index contributed by atoms with van der Waals surface area (Å²) in [6.07, 6.45) is 4.51. The average Bonchev–Trinajstić information content (AvgIpc) is 2.78. The minimum atomic E-state index is -0.0819. The first kappa shape index (κ1) is 11.6. The molecule has 0 unspecified atom stereocenters. The van der Waals surface area contributed by atoms with E-state index in [9.17, 15) is 0 Å². The summed E-state index contributed by atoms with van der Waals surface area (Å²) in [5.74, 6) is 1.02. The van der Waals surface area contributed by atoms with Crippen LogP contribution in [0.2, 0.25) is 0 Å². The van der Waals surface area contributed by atoms with Crippen LogP contribution in [-0.4, -0.2) is 31.8 Å². The molecular formula is C12H20N2O2. The van der Waals surface area contributed by atoms with E-state index in [0.29, 0.717) is 0 Å². The summed E-state index contributed by atoms with van der Waals surface area (Å²) in [4.78, 5) is 0. The number of nitrogens with two attached hydrogens (primary N) is 1. The van der Waals surface area contributed by atoms with E-state index in [1.54, 1.807) is 6.26 Å². The highest BCUT2D eigenvalue weighted by molar-refractivity contribution is 4.98. The van der Waals surface area contributed by atoms with Crippen molar-refractivity contribution in [3.05, 3.63) is 24.2 Å². The van der Waals surface area contributed by atoms with Crippen LogP contribution in [0.25, 0.3) is 0 Å². The molecule has 0 saturated carbocycles. The third kappa shape index (κ3) is 3.33. The Labute approximate surface area is 96.1 Å². The molecule has 90 valence electrons. The van der Waals surface area contributed by atoms with Gasteiger partial charge in [-0.05, 0) is 25.0 Å². The van der Waals surface area contributed by atoms with Gasteiger partial charge in [0.25, 0.3) is 0 Å². The van der Waals surface area contributed by atoms with E-state index in [2.05, 4.69) is 5.32 Å². The van der Waals surface area contributed by atoms with Gasteiger partial charge in [0, 0.05) is 38.3 Å². The molecule has 0 aromatic carbocycles. The summed E-state index contributed by atoms with van der Waals surface area (Å²) in [5.41, 5.74) is 6.17. The van der Waals surface area contributed by atoms with E-state index in [-0.39, 0.29) is 5.54 Å². The molecule has 2 heterocycles. The fraction of sp³-hybridized carbons (Fsp3) is 0.667. The van der Waals surface area contributed by atoms with Crippen LogP contribution in [0.3, 0.4) is 0 Å². The number of furan rings is 1. The molecule has 0 bridgehead atoms. The zero-order valence-corrected chi connectivity index (χ0v) is 9.58. The highest BCUT2D eigenvalue weighted by atomic mass is 16.5. The maximum atomic E-state index is 6.25. The Kier molecular flexibility index (Phi) is 3.98. The van der Waals surface area contributed by atoms with Gasteiger partial charge in [-0.25, -0.2) is 0 Å². The molecule has 0 atom stereocenters. The Bertz CT molecular complexity index is 292. The van der Waals surface area contributed by atoms with E-state index in [4.69, 9.17) is 14.9 Å². The summed E-state index contributed by atoms with van der Waals surface area (Å²) in [6, 6.07) is 3.91. The van der Waals surface area contributed by atoms with Crippen molar-refractivity contribution in [2.24, 2.45) is 5.73 Å². The Hall–Kier alpha value is -0.840. The first-order valence-electron chi connectivity index (χ1n) is 5.88. The lowest BCUT2D eigenvalue weighted by atomic mass is 9.91. The molecule has 1 aliphatic rings. The van der Waals surface area contributed by atoms with Crippen LogP contribution >= 0.6 is 0 Å². The van der Waals surface area contributed by atoms with Crippen LogP contribution in [0.15, 0.2) is 22.8 Å². The molecule has 16 heavy (non-hydrogen) atoms. The van der Waals surface area contributed by atoms with Gasteiger partial charge in [-0.15, -0.1) is 0 Å². The summed E-state index contributed by atoms with van der Waals surface area (Å²) in [7, 11) is 0. The molecule has 4 nitrogen and oxygen atoms in total. The summed E-state index contributed by atoms with van der Waals surface area (Å²) in [5, 5.41) is 3.39. The predicted molar refractivity (Wildman–Crippen MR) is 62.3 cm³/mol. The predicted octanol–water partition coefficient (Wildman–Crippen LogP) is 0.920. The second kappa shape index (κ2) is 5.48. The fourth-order valence-electron chi connectivity index (χ4n) is 1.96. The van der Waals surface area contributed by atoms with E-state index in [1.807, 2.05) is 12.1 Å². The zero-order valence-electron chi connectivity index (χ0n) is 9.58. The molecular weight excluding hydrogens is 204 g/mol. The molecule has 1 saturated heterocycles. The topological polar surface area (TPSA) is 60.4 Å². The van der Waals surface area contributed by atoms with Crippen LogP contribution in [0, 0.1) is 0 Å². The number of rotatable bonds is 5. The molecule has 1 aliphatic heterocycles. The highest BCUT2D eigenvalue weighted by Crippen LogP contribution is 2.16. The third-order valence-corrected chi connectivity index (χ3v) is 3.09. The van der Waals surface area contributed by atoms with Crippen molar-refractivity contribution >= 4 is 0 Å². The van der Waals surface area contributed by atoms with E-state index < -0.39 is 0 Å². The van der Waals surface area contributed by atoms with Gasteiger partial charge in [-0.1, -0.05) is 0 Å². The molecule has 1 aromatic heterocycles. The standard InChI is InChI=1S/C12H20N2O2/c13-12(4-8-15-9-5-12)10-14-6-3-11-2-1-7-16-11/h1-2,7,14H,3-6,8-10,13H2. The van der Waals surface area contributed by atoms with E-state index in [1.165, 1.54) is 0 Å².